The summed E-state index contributed by atoms with van der Waals surface area (Å²) < 4.78 is 10.0. The second kappa shape index (κ2) is 17.4. The van der Waals surface area contributed by atoms with Crippen molar-refractivity contribution in [3.05, 3.63) is 145 Å². The number of cyclic esters (lactones) is 1. The highest BCUT2D eigenvalue weighted by Crippen LogP contribution is 2.35. The number of carbonyl (C=O) groups excluding carboxylic acids is 4. The average molecular weight is 803 g/mol. The predicted octanol–water partition coefficient (Wildman–Crippen LogP) is 8.86. The molecule has 60 heavy (non-hydrogen) atoms. The molecule has 0 bridgehead atoms. The third-order valence-corrected chi connectivity index (χ3v) is 10.1. The van der Waals surface area contributed by atoms with Crippen molar-refractivity contribution in [3.8, 4) is 0 Å². The summed E-state index contributed by atoms with van der Waals surface area (Å²) in [5.41, 5.74) is 8.40. The Morgan fingerprint density at radius 3 is 1.78 bits per heavy atom. The lowest BCUT2D eigenvalue weighted by Crippen LogP contribution is -2.29. The van der Waals surface area contributed by atoms with E-state index in [1.54, 1.807) is 30.3 Å². The van der Waals surface area contributed by atoms with Crippen LogP contribution in [0.15, 0.2) is 138 Å². The quantitative estimate of drug-likeness (QED) is 0.0813. The number of amides is 2. The number of aliphatic imine (C=N–C) groups is 1. The van der Waals surface area contributed by atoms with E-state index in [4.69, 9.17) is 4.74 Å². The fourth-order valence-electron chi connectivity index (χ4n) is 6.94. The number of methoxy groups -OCH3 is 1. The summed E-state index contributed by atoms with van der Waals surface area (Å²) in [4.78, 5) is 61.9. The van der Waals surface area contributed by atoms with E-state index < -0.39 is 24.3 Å². The first-order valence-corrected chi connectivity index (χ1v) is 18.9. The fraction of sp³-hybridized carbons (Fsp3) is 0.149. The van der Waals surface area contributed by atoms with E-state index in [0.29, 0.717) is 22.5 Å². The number of rotatable bonds is 7. The minimum atomic E-state index is -1.25. The van der Waals surface area contributed by atoms with E-state index in [-0.39, 0.29) is 5.91 Å². The Morgan fingerprint density at radius 2 is 1.23 bits per heavy atom. The summed E-state index contributed by atoms with van der Waals surface area (Å²) in [5.74, 6) is -1.04. The first-order chi connectivity index (χ1) is 29.0. The van der Waals surface area contributed by atoms with Crippen LogP contribution in [0.5, 0.6) is 0 Å². The molecule has 9 rings (SSSR count). The standard InChI is InChI=1S/C23H19N3O3.C15H13NO3.C9H10N2O/c1-25(2)15-8-10-16(11-9-15)26-22(27)21(29-23(26)28)14-7-12-20-18(13-14)17-5-3-4-6-19(17)24-20;1-19-15(18)14(17)9-6-7-13-11(8-9)10-4-2-3-5-12(10)16-13;1-11(2)9-5-3-8(4-6-9)10-7-12/h3-13,21,24H,1-2H3;2-8,14,16-17H,1H3;3-6H,1-2H3. The SMILES string of the molecule is CN(C)c1ccc(N2C(=O)OC(c3ccc4[nH]c5ccccc5c4c3)C2=O)cc1.CN(C)c1ccc(N=C=O)cc1.COC(=O)C(O)c1ccc2[nH]c3ccccc3c2c1. The van der Waals surface area contributed by atoms with Gasteiger partial charge >= 0.3 is 12.1 Å². The number of carbonyl (C=O) groups is 3. The molecule has 6 aromatic carbocycles. The molecule has 0 aliphatic carbocycles. The maximum absolute atomic E-state index is 13.0. The Balaban J connectivity index is 0.000000151. The number of anilines is 3. The number of aliphatic hydroxyl groups is 1. The number of nitrogens with one attached hydrogen (secondary N) is 2. The van der Waals surface area contributed by atoms with E-state index in [2.05, 4.69) is 19.7 Å². The molecular formula is C47H42N6O7. The van der Waals surface area contributed by atoms with Crippen molar-refractivity contribution in [2.45, 2.75) is 12.2 Å². The van der Waals surface area contributed by atoms with Gasteiger partial charge in [0.15, 0.2) is 6.10 Å². The van der Waals surface area contributed by atoms with Gasteiger partial charge in [-0.25, -0.2) is 19.3 Å². The molecule has 1 fully saturated rings. The number of fused-ring (bicyclic) bond motifs is 6. The van der Waals surface area contributed by atoms with E-state index >= 15 is 0 Å². The highest BCUT2D eigenvalue weighted by molar-refractivity contribution is 6.19. The first kappa shape index (κ1) is 40.5. The average Bonchev–Trinajstić information content (AvgIpc) is 3.93. The van der Waals surface area contributed by atoms with E-state index in [1.807, 2.05) is 141 Å². The number of aliphatic hydroxyl groups excluding tert-OH is 1. The van der Waals surface area contributed by atoms with E-state index in [0.717, 1.165) is 59.9 Å². The van der Waals surface area contributed by atoms with Crippen molar-refractivity contribution < 1.29 is 33.8 Å². The Labute approximate surface area is 345 Å². The van der Waals surface area contributed by atoms with Gasteiger partial charge in [-0.3, -0.25) is 4.79 Å². The smallest absolute Gasteiger partial charge is 0.422 e. The summed E-state index contributed by atoms with van der Waals surface area (Å²) in [6, 6.07) is 41.5. The molecule has 2 atom stereocenters. The van der Waals surface area contributed by atoms with Crippen LogP contribution in [-0.4, -0.2) is 74.4 Å². The number of aromatic amines is 2. The van der Waals surface area contributed by atoms with Gasteiger partial charge in [0.1, 0.15) is 0 Å². The fourth-order valence-corrected chi connectivity index (χ4v) is 6.94. The summed E-state index contributed by atoms with van der Waals surface area (Å²) in [6.07, 6.45) is -1.36. The maximum Gasteiger partial charge on any atom is 0.422 e. The Hall–Kier alpha value is -7.73. The molecule has 1 aliphatic heterocycles. The van der Waals surface area contributed by atoms with Gasteiger partial charge in [-0.05, 0) is 90.5 Å². The van der Waals surface area contributed by atoms with Crippen LogP contribution >= 0.6 is 0 Å². The molecule has 2 amide bonds. The second-order valence-electron chi connectivity index (χ2n) is 14.3. The van der Waals surface area contributed by atoms with E-state index in [9.17, 15) is 24.3 Å². The molecule has 3 heterocycles. The topological polar surface area (TPSA) is 161 Å². The van der Waals surface area contributed by atoms with Gasteiger partial charge in [-0.1, -0.05) is 48.5 Å². The summed E-state index contributed by atoms with van der Waals surface area (Å²) in [6.45, 7) is 0. The van der Waals surface area contributed by atoms with Crippen molar-refractivity contribution in [2.75, 3.05) is 50.0 Å². The number of benzene rings is 6. The van der Waals surface area contributed by atoms with Gasteiger partial charge in [-0.2, -0.15) is 4.99 Å². The number of H-pyrrole nitrogens is 2. The van der Waals surface area contributed by atoms with Crippen molar-refractivity contribution in [2.24, 2.45) is 4.99 Å². The number of hydrogen-bond donors (Lipinski definition) is 3. The molecule has 13 nitrogen and oxygen atoms in total. The molecule has 8 aromatic rings. The number of hydrogen-bond acceptors (Lipinski definition) is 10. The number of para-hydroxylation sites is 2. The van der Waals surface area contributed by atoms with Crippen LogP contribution in [0.25, 0.3) is 43.6 Å². The van der Waals surface area contributed by atoms with Crippen molar-refractivity contribution in [1.82, 2.24) is 9.97 Å². The normalized spacial score (nSPS) is 13.8. The van der Waals surface area contributed by atoms with Crippen LogP contribution in [0.1, 0.15) is 23.3 Å². The molecule has 0 radical (unpaired) electrons. The van der Waals surface area contributed by atoms with Crippen LogP contribution in [0.2, 0.25) is 0 Å². The van der Waals surface area contributed by atoms with Gasteiger partial charge in [0, 0.05) is 88.7 Å². The summed E-state index contributed by atoms with van der Waals surface area (Å²) in [7, 11) is 9.04. The molecule has 2 aromatic heterocycles. The van der Waals surface area contributed by atoms with Crippen molar-refractivity contribution >= 4 is 90.4 Å². The predicted molar refractivity (Wildman–Crippen MR) is 235 cm³/mol. The summed E-state index contributed by atoms with van der Waals surface area (Å²) >= 11 is 0. The minimum Gasteiger partial charge on any atom is -0.467 e. The zero-order valence-corrected chi connectivity index (χ0v) is 33.5. The Bertz CT molecular complexity index is 2890. The molecule has 302 valence electrons. The molecule has 0 spiro atoms. The van der Waals surface area contributed by atoms with Crippen LogP contribution in [0, 0.1) is 0 Å². The van der Waals surface area contributed by atoms with Gasteiger partial charge < -0.3 is 34.3 Å². The van der Waals surface area contributed by atoms with Crippen LogP contribution in [0.4, 0.5) is 27.5 Å². The number of nitrogens with zero attached hydrogens (tertiary/aromatic N) is 4. The van der Waals surface area contributed by atoms with Crippen molar-refractivity contribution in [3.63, 3.8) is 0 Å². The Morgan fingerprint density at radius 1 is 0.717 bits per heavy atom. The largest absolute Gasteiger partial charge is 0.467 e. The number of ether oxygens (including phenoxy) is 2. The third-order valence-electron chi connectivity index (χ3n) is 10.1. The van der Waals surface area contributed by atoms with Gasteiger partial charge in [0.05, 0.1) is 18.5 Å². The van der Waals surface area contributed by atoms with Crippen LogP contribution in [-0.2, 0) is 23.9 Å². The molecule has 1 aliphatic rings. The zero-order chi connectivity index (χ0) is 42.5. The maximum atomic E-state index is 13.0. The molecule has 13 heteroatoms. The highest BCUT2D eigenvalue weighted by atomic mass is 16.6. The number of isocyanates is 1. The minimum absolute atomic E-state index is 0.383. The number of esters is 1. The lowest BCUT2D eigenvalue weighted by molar-refractivity contribution is -0.150. The number of aromatic nitrogens is 2. The Kier molecular flexibility index (Phi) is 11.7. The van der Waals surface area contributed by atoms with E-state index in [1.165, 1.54) is 13.2 Å². The monoisotopic (exact) mass is 802 g/mol. The second-order valence-corrected chi connectivity index (χ2v) is 14.3. The van der Waals surface area contributed by atoms with Crippen LogP contribution in [0.3, 0.4) is 0 Å². The summed E-state index contributed by atoms with van der Waals surface area (Å²) in [5, 5.41) is 14.0. The lowest BCUT2D eigenvalue weighted by atomic mass is 10.0. The molecule has 3 N–H and O–H groups in total. The molecule has 1 saturated heterocycles. The van der Waals surface area contributed by atoms with Crippen LogP contribution < -0.4 is 14.7 Å². The first-order valence-electron chi connectivity index (χ1n) is 18.9. The molecule has 0 saturated carbocycles. The lowest BCUT2D eigenvalue weighted by Gasteiger charge is -2.15. The molecular weight excluding hydrogens is 761 g/mol. The molecule has 2 unspecified atom stereocenters. The van der Waals surface area contributed by atoms with Gasteiger partial charge in [-0.15, -0.1) is 0 Å². The van der Waals surface area contributed by atoms with Gasteiger partial charge in [0.25, 0.3) is 5.91 Å². The zero-order valence-electron chi connectivity index (χ0n) is 33.5. The number of imide groups is 1. The van der Waals surface area contributed by atoms with Crippen molar-refractivity contribution in [1.29, 1.82) is 0 Å². The highest BCUT2D eigenvalue weighted by Gasteiger charge is 2.42. The third kappa shape index (κ3) is 8.30. The van der Waals surface area contributed by atoms with Gasteiger partial charge in [0.2, 0.25) is 12.2 Å².